The fourth-order valence-corrected chi connectivity index (χ4v) is 3.94. The smallest absolute Gasteiger partial charge is 0.333 e. The number of likely N-dealkylation sites (tertiary alicyclic amines) is 1. The van der Waals surface area contributed by atoms with Crippen LogP contribution < -0.4 is 21.3 Å². The van der Waals surface area contributed by atoms with E-state index in [0.717, 1.165) is 30.6 Å². The van der Waals surface area contributed by atoms with E-state index < -0.39 is 11.2 Å². The lowest BCUT2D eigenvalue weighted by Crippen LogP contribution is -2.33. The average Bonchev–Trinajstić information content (AvgIpc) is 3.30. The maximum Gasteiger partial charge on any atom is 0.333 e. The van der Waals surface area contributed by atoms with Gasteiger partial charge in [-0.15, -0.1) is 0 Å². The van der Waals surface area contributed by atoms with Crippen molar-refractivity contribution in [2.45, 2.75) is 19.3 Å². The zero-order valence-corrected chi connectivity index (χ0v) is 17.5. The molecule has 162 valence electrons. The summed E-state index contributed by atoms with van der Waals surface area (Å²) in [5, 5.41) is 3.25. The van der Waals surface area contributed by atoms with Gasteiger partial charge in [-0.05, 0) is 81.4 Å². The Balaban J connectivity index is 1.51. The Labute approximate surface area is 179 Å². The third-order valence-corrected chi connectivity index (χ3v) is 5.63. The summed E-state index contributed by atoms with van der Waals surface area (Å²) >= 11 is 0. The molecule has 3 aromatic rings. The number of hydrogen-bond acceptors (Lipinski definition) is 5. The molecule has 0 atom stereocenters. The molecule has 2 N–H and O–H groups in total. The van der Waals surface area contributed by atoms with E-state index in [1.54, 1.807) is 49.6 Å². The molecule has 0 spiro atoms. The van der Waals surface area contributed by atoms with Gasteiger partial charge in [0.15, 0.2) is 0 Å². The zero-order chi connectivity index (χ0) is 21.8. The summed E-state index contributed by atoms with van der Waals surface area (Å²) in [7, 11) is 1.55. The molecular formula is C23H26N4O4. The standard InChI is InChI=1S/C23H26N4O4/c1-31-18-8-6-17(7-9-18)27-22(29)19-10-5-16(15-20(19)25-23(27)30)21(28)24-11-4-14-26-12-2-3-13-26/h5-10,15H,2-4,11-14H2,1H3,(H,24,28)(H,25,30). The molecule has 0 aliphatic carbocycles. The number of nitrogens with one attached hydrogen (secondary N) is 2. The molecule has 4 rings (SSSR count). The van der Waals surface area contributed by atoms with Gasteiger partial charge in [0.05, 0.1) is 23.7 Å². The van der Waals surface area contributed by atoms with Gasteiger partial charge >= 0.3 is 5.69 Å². The fourth-order valence-electron chi connectivity index (χ4n) is 3.94. The van der Waals surface area contributed by atoms with Crippen LogP contribution in [0.2, 0.25) is 0 Å². The zero-order valence-electron chi connectivity index (χ0n) is 17.5. The summed E-state index contributed by atoms with van der Waals surface area (Å²) in [6, 6.07) is 11.4. The predicted molar refractivity (Wildman–Crippen MR) is 119 cm³/mol. The van der Waals surface area contributed by atoms with Gasteiger partial charge in [0.1, 0.15) is 5.75 Å². The predicted octanol–water partition coefficient (Wildman–Crippen LogP) is 1.90. The lowest BCUT2D eigenvalue weighted by molar-refractivity contribution is 0.0952. The number of carbonyl (C=O) groups is 1. The van der Waals surface area contributed by atoms with Crippen LogP contribution in [0.5, 0.6) is 5.75 Å². The van der Waals surface area contributed by atoms with E-state index in [2.05, 4.69) is 15.2 Å². The van der Waals surface area contributed by atoms with Crippen molar-refractivity contribution in [3.05, 3.63) is 68.9 Å². The van der Waals surface area contributed by atoms with Crippen molar-refractivity contribution in [3.8, 4) is 11.4 Å². The van der Waals surface area contributed by atoms with Crippen molar-refractivity contribution in [1.29, 1.82) is 0 Å². The minimum atomic E-state index is -0.564. The van der Waals surface area contributed by atoms with E-state index in [9.17, 15) is 14.4 Å². The summed E-state index contributed by atoms with van der Waals surface area (Å²) < 4.78 is 6.19. The third-order valence-electron chi connectivity index (χ3n) is 5.63. The summed E-state index contributed by atoms with van der Waals surface area (Å²) in [4.78, 5) is 43.1. The number of ether oxygens (including phenoxy) is 1. The van der Waals surface area contributed by atoms with Crippen molar-refractivity contribution in [2.75, 3.05) is 33.3 Å². The van der Waals surface area contributed by atoms with Crippen LogP contribution in [-0.2, 0) is 0 Å². The molecule has 1 fully saturated rings. The van der Waals surface area contributed by atoms with Crippen molar-refractivity contribution in [2.24, 2.45) is 0 Å². The number of hydrogen-bond donors (Lipinski definition) is 2. The highest BCUT2D eigenvalue weighted by Crippen LogP contribution is 2.14. The van der Waals surface area contributed by atoms with Gasteiger partial charge in [0.25, 0.3) is 11.5 Å². The number of fused-ring (bicyclic) bond motifs is 1. The van der Waals surface area contributed by atoms with Gasteiger partial charge in [0, 0.05) is 12.1 Å². The molecule has 0 unspecified atom stereocenters. The quantitative estimate of drug-likeness (QED) is 0.567. The van der Waals surface area contributed by atoms with Crippen LogP contribution >= 0.6 is 0 Å². The molecule has 0 bridgehead atoms. The maximum atomic E-state index is 12.9. The van der Waals surface area contributed by atoms with Gasteiger partial charge < -0.3 is 19.9 Å². The summed E-state index contributed by atoms with van der Waals surface area (Å²) in [5.74, 6) is 0.411. The lowest BCUT2D eigenvalue weighted by atomic mass is 10.1. The van der Waals surface area contributed by atoms with Crippen LogP contribution in [0.25, 0.3) is 16.6 Å². The molecule has 1 saturated heterocycles. The highest BCUT2D eigenvalue weighted by molar-refractivity contribution is 5.97. The first kappa shape index (κ1) is 20.9. The topological polar surface area (TPSA) is 96.4 Å². The van der Waals surface area contributed by atoms with Gasteiger partial charge in [-0.3, -0.25) is 9.59 Å². The minimum absolute atomic E-state index is 0.219. The number of aromatic nitrogens is 2. The Bertz CT molecular complexity index is 1190. The number of rotatable bonds is 7. The number of amides is 1. The van der Waals surface area contributed by atoms with Crippen LogP contribution in [0.1, 0.15) is 29.6 Å². The second kappa shape index (κ2) is 9.18. The van der Waals surface area contributed by atoms with Crippen molar-refractivity contribution in [3.63, 3.8) is 0 Å². The molecule has 2 heterocycles. The van der Waals surface area contributed by atoms with Crippen molar-refractivity contribution >= 4 is 16.8 Å². The molecule has 0 radical (unpaired) electrons. The van der Waals surface area contributed by atoms with Crippen LogP contribution in [0.15, 0.2) is 52.1 Å². The van der Waals surface area contributed by atoms with Gasteiger partial charge in [-0.1, -0.05) is 0 Å². The fraction of sp³-hybridized carbons (Fsp3) is 0.348. The number of carbonyl (C=O) groups excluding carboxylic acids is 1. The van der Waals surface area contributed by atoms with E-state index >= 15 is 0 Å². The second-order valence-electron chi connectivity index (χ2n) is 7.69. The molecule has 1 aliphatic rings. The Morgan fingerprint density at radius 2 is 1.84 bits per heavy atom. The Morgan fingerprint density at radius 1 is 1.10 bits per heavy atom. The van der Waals surface area contributed by atoms with Crippen LogP contribution in [-0.4, -0.2) is 53.6 Å². The molecule has 0 saturated carbocycles. The summed E-state index contributed by atoms with van der Waals surface area (Å²) in [5.41, 5.74) is 0.177. The molecule has 2 aromatic carbocycles. The third kappa shape index (κ3) is 4.54. The largest absolute Gasteiger partial charge is 0.497 e. The molecule has 8 heteroatoms. The monoisotopic (exact) mass is 422 g/mol. The highest BCUT2D eigenvalue weighted by Gasteiger charge is 2.14. The maximum absolute atomic E-state index is 12.9. The molecule has 1 aromatic heterocycles. The molecular weight excluding hydrogens is 396 g/mol. The average molecular weight is 422 g/mol. The first-order chi connectivity index (χ1) is 15.1. The number of methoxy groups -OCH3 is 1. The molecule has 8 nitrogen and oxygen atoms in total. The highest BCUT2D eigenvalue weighted by atomic mass is 16.5. The number of aromatic amines is 1. The minimum Gasteiger partial charge on any atom is -0.497 e. The summed E-state index contributed by atoms with van der Waals surface area (Å²) in [6.07, 6.45) is 3.40. The Kier molecular flexibility index (Phi) is 6.18. The number of benzene rings is 2. The van der Waals surface area contributed by atoms with Crippen LogP contribution in [0.4, 0.5) is 0 Å². The number of nitrogens with zero attached hydrogens (tertiary/aromatic N) is 2. The Hall–Kier alpha value is -3.39. The second-order valence-corrected chi connectivity index (χ2v) is 7.69. The normalized spacial score (nSPS) is 14.1. The van der Waals surface area contributed by atoms with Gasteiger partial charge in [-0.25, -0.2) is 9.36 Å². The van der Waals surface area contributed by atoms with E-state index in [1.165, 1.54) is 12.8 Å². The van der Waals surface area contributed by atoms with Crippen molar-refractivity contribution < 1.29 is 9.53 Å². The Morgan fingerprint density at radius 3 is 2.55 bits per heavy atom. The van der Waals surface area contributed by atoms with E-state index in [1.807, 2.05) is 0 Å². The molecule has 31 heavy (non-hydrogen) atoms. The van der Waals surface area contributed by atoms with Crippen LogP contribution in [0.3, 0.4) is 0 Å². The van der Waals surface area contributed by atoms with Crippen LogP contribution in [0, 0.1) is 0 Å². The van der Waals surface area contributed by atoms with E-state index in [4.69, 9.17) is 4.74 Å². The summed E-state index contributed by atoms with van der Waals surface area (Å²) in [6.45, 7) is 3.85. The first-order valence-electron chi connectivity index (χ1n) is 10.5. The number of H-pyrrole nitrogens is 1. The van der Waals surface area contributed by atoms with E-state index in [-0.39, 0.29) is 5.91 Å². The van der Waals surface area contributed by atoms with Gasteiger partial charge in [-0.2, -0.15) is 0 Å². The van der Waals surface area contributed by atoms with E-state index in [0.29, 0.717) is 34.4 Å². The molecule has 1 amide bonds. The van der Waals surface area contributed by atoms with Gasteiger partial charge in [0.2, 0.25) is 0 Å². The lowest BCUT2D eigenvalue weighted by Gasteiger charge is -2.14. The SMILES string of the molecule is COc1ccc(-n2c(=O)[nH]c3cc(C(=O)NCCCN4CCCC4)ccc3c2=O)cc1. The first-order valence-corrected chi connectivity index (χ1v) is 10.5. The van der Waals surface area contributed by atoms with Crippen molar-refractivity contribution in [1.82, 2.24) is 19.8 Å². The molecule has 1 aliphatic heterocycles.